The van der Waals surface area contributed by atoms with Crippen molar-refractivity contribution >= 4 is 17.7 Å². The van der Waals surface area contributed by atoms with Gasteiger partial charge in [0.2, 0.25) is 5.91 Å². The van der Waals surface area contributed by atoms with Crippen molar-refractivity contribution in [3.05, 3.63) is 42.2 Å². The summed E-state index contributed by atoms with van der Waals surface area (Å²) in [7, 11) is 3.52. The Hall–Kier alpha value is -1.95. The Labute approximate surface area is 147 Å². The molecular formula is C18H25N3O2S. The van der Waals surface area contributed by atoms with Crippen molar-refractivity contribution < 1.29 is 9.53 Å². The van der Waals surface area contributed by atoms with Crippen molar-refractivity contribution in [3.63, 3.8) is 0 Å². The van der Waals surface area contributed by atoms with E-state index >= 15 is 0 Å². The number of hydrogen-bond donors (Lipinski definition) is 1. The molecule has 0 saturated heterocycles. The number of aromatic nitrogens is 2. The Balaban J connectivity index is 1.97. The van der Waals surface area contributed by atoms with E-state index in [-0.39, 0.29) is 17.4 Å². The summed E-state index contributed by atoms with van der Waals surface area (Å²) in [6, 6.07) is 7.63. The first-order valence-electron chi connectivity index (χ1n) is 7.84. The molecule has 6 heteroatoms. The molecule has 0 radical (unpaired) electrons. The van der Waals surface area contributed by atoms with E-state index < -0.39 is 0 Å². The van der Waals surface area contributed by atoms with Crippen LogP contribution in [0.2, 0.25) is 0 Å². The van der Waals surface area contributed by atoms with Crippen molar-refractivity contribution in [3.8, 4) is 5.75 Å². The third kappa shape index (κ3) is 5.03. The molecule has 0 unspecified atom stereocenters. The lowest BCUT2D eigenvalue weighted by Crippen LogP contribution is -2.37. The number of hydrogen-bond acceptors (Lipinski definition) is 4. The SMILES string of the molecule is COc1ccc(SCC(=O)N[C@H](c2cnn(C)c2)C(C)(C)C)cc1. The fourth-order valence-electron chi connectivity index (χ4n) is 2.41. The Bertz CT molecular complexity index is 674. The predicted molar refractivity (Wildman–Crippen MR) is 97.3 cm³/mol. The summed E-state index contributed by atoms with van der Waals surface area (Å²) in [5, 5.41) is 7.36. The van der Waals surface area contributed by atoms with Crippen molar-refractivity contribution in [2.75, 3.05) is 12.9 Å². The predicted octanol–water partition coefficient (Wildman–Crippen LogP) is 3.42. The number of nitrogens with one attached hydrogen (secondary N) is 1. The molecule has 0 aliphatic heterocycles. The summed E-state index contributed by atoms with van der Waals surface area (Å²) in [4.78, 5) is 13.4. The summed E-state index contributed by atoms with van der Waals surface area (Å²) >= 11 is 1.51. The summed E-state index contributed by atoms with van der Waals surface area (Å²) < 4.78 is 6.90. The van der Waals surface area contributed by atoms with Gasteiger partial charge in [-0.15, -0.1) is 11.8 Å². The smallest absolute Gasteiger partial charge is 0.230 e. The third-order valence-electron chi connectivity index (χ3n) is 3.66. The van der Waals surface area contributed by atoms with E-state index in [4.69, 9.17) is 4.74 Å². The van der Waals surface area contributed by atoms with E-state index in [1.165, 1.54) is 11.8 Å². The lowest BCUT2D eigenvalue weighted by atomic mass is 9.83. The zero-order valence-corrected chi connectivity index (χ0v) is 15.7. The van der Waals surface area contributed by atoms with Gasteiger partial charge in [-0.2, -0.15) is 5.10 Å². The number of rotatable bonds is 6. The van der Waals surface area contributed by atoms with E-state index in [0.29, 0.717) is 5.75 Å². The molecule has 1 aromatic carbocycles. The highest BCUT2D eigenvalue weighted by molar-refractivity contribution is 8.00. The van der Waals surface area contributed by atoms with Crippen LogP contribution >= 0.6 is 11.8 Å². The molecule has 0 aliphatic rings. The highest BCUT2D eigenvalue weighted by Gasteiger charge is 2.28. The van der Waals surface area contributed by atoms with Crippen molar-refractivity contribution in [1.29, 1.82) is 0 Å². The zero-order chi connectivity index (χ0) is 17.7. The van der Waals surface area contributed by atoms with Crippen LogP contribution in [-0.4, -0.2) is 28.6 Å². The molecule has 0 aliphatic carbocycles. The van der Waals surface area contributed by atoms with Crippen LogP contribution in [0.1, 0.15) is 32.4 Å². The van der Waals surface area contributed by atoms with E-state index in [2.05, 4.69) is 31.2 Å². The van der Waals surface area contributed by atoms with Gasteiger partial charge in [0, 0.05) is 23.7 Å². The monoisotopic (exact) mass is 347 g/mol. The van der Waals surface area contributed by atoms with Gasteiger partial charge in [-0.3, -0.25) is 9.48 Å². The van der Waals surface area contributed by atoms with Crippen LogP contribution in [0.3, 0.4) is 0 Å². The number of benzene rings is 1. The first-order chi connectivity index (χ1) is 11.3. The van der Waals surface area contributed by atoms with E-state index in [9.17, 15) is 4.79 Å². The average Bonchev–Trinajstić information content (AvgIpc) is 2.96. The van der Waals surface area contributed by atoms with Crippen LogP contribution in [-0.2, 0) is 11.8 Å². The molecule has 1 N–H and O–H groups in total. The third-order valence-corrected chi connectivity index (χ3v) is 4.67. The van der Waals surface area contributed by atoms with Gasteiger partial charge in [0.15, 0.2) is 0 Å². The molecule has 0 saturated carbocycles. The van der Waals surface area contributed by atoms with Gasteiger partial charge < -0.3 is 10.1 Å². The van der Waals surface area contributed by atoms with E-state index in [1.54, 1.807) is 11.8 Å². The fourth-order valence-corrected chi connectivity index (χ4v) is 3.12. The molecule has 130 valence electrons. The maximum Gasteiger partial charge on any atom is 0.230 e. The largest absolute Gasteiger partial charge is 0.497 e. The highest BCUT2D eigenvalue weighted by Crippen LogP contribution is 2.32. The van der Waals surface area contributed by atoms with Gasteiger partial charge in [-0.25, -0.2) is 0 Å². The second-order valence-corrected chi connectivity index (χ2v) is 7.83. The number of ether oxygens (including phenoxy) is 1. The van der Waals surface area contributed by atoms with Crippen molar-refractivity contribution in [2.24, 2.45) is 12.5 Å². The van der Waals surface area contributed by atoms with Crippen LogP contribution in [0.25, 0.3) is 0 Å². The van der Waals surface area contributed by atoms with Gasteiger partial charge in [-0.05, 0) is 29.7 Å². The minimum Gasteiger partial charge on any atom is -0.497 e. The van der Waals surface area contributed by atoms with Gasteiger partial charge in [0.05, 0.1) is 25.1 Å². The van der Waals surface area contributed by atoms with Crippen LogP contribution in [0.4, 0.5) is 0 Å². The number of methoxy groups -OCH3 is 1. The number of thioether (sulfide) groups is 1. The lowest BCUT2D eigenvalue weighted by molar-refractivity contribution is -0.120. The van der Waals surface area contributed by atoms with Gasteiger partial charge in [0.1, 0.15) is 5.75 Å². The first-order valence-corrected chi connectivity index (χ1v) is 8.83. The van der Waals surface area contributed by atoms with Gasteiger partial charge >= 0.3 is 0 Å². The van der Waals surface area contributed by atoms with Crippen molar-refractivity contribution in [2.45, 2.75) is 31.7 Å². The van der Waals surface area contributed by atoms with E-state index in [1.807, 2.05) is 43.7 Å². The van der Waals surface area contributed by atoms with Gasteiger partial charge in [-0.1, -0.05) is 20.8 Å². The van der Waals surface area contributed by atoms with Crippen LogP contribution in [0.5, 0.6) is 5.75 Å². The molecule has 0 bridgehead atoms. The topological polar surface area (TPSA) is 56.1 Å². The Morgan fingerprint density at radius 3 is 2.50 bits per heavy atom. The quantitative estimate of drug-likeness (QED) is 0.814. The second-order valence-electron chi connectivity index (χ2n) is 6.78. The minimum atomic E-state index is -0.0938. The molecule has 24 heavy (non-hydrogen) atoms. The molecule has 0 spiro atoms. The highest BCUT2D eigenvalue weighted by atomic mass is 32.2. The summed E-state index contributed by atoms with van der Waals surface area (Å²) in [5.74, 6) is 1.20. The molecule has 0 fully saturated rings. The number of aryl methyl sites for hydroxylation is 1. The van der Waals surface area contributed by atoms with Crippen LogP contribution in [0, 0.1) is 5.41 Å². The Kier molecular flexibility index (Phi) is 5.94. The standard InChI is InChI=1S/C18H25N3O2S/c1-18(2,3)17(13-10-19-21(4)11-13)20-16(22)12-24-15-8-6-14(23-5)7-9-15/h6-11,17H,12H2,1-5H3,(H,20,22)/t17-/m1/s1. The van der Waals surface area contributed by atoms with Crippen LogP contribution < -0.4 is 10.1 Å². The zero-order valence-electron chi connectivity index (χ0n) is 14.9. The summed E-state index contributed by atoms with van der Waals surface area (Å²) in [6.07, 6.45) is 3.76. The summed E-state index contributed by atoms with van der Waals surface area (Å²) in [6.45, 7) is 6.34. The molecule has 2 aromatic rings. The molecule has 1 heterocycles. The Morgan fingerprint density at radius 2 is 2.00 bits per heavy atom. The van der Waals surface area contributed by atoms with Gasteiger partial charge in [0.25, 0.3) is 0 Å². The lowest BCUT2D eigenvalue weighted by Gasteiger charge is -2.30. The first kappa shape index (κ1) is 18.4. The maximum absolute atomic E-state index is 12.4. The normalized spacial score (nSPS) is 12.7. The minimum absolute atomic E-state index is 0.0135. The van der Waals surface area contributed by atoms with Crippen molar-refractivity contribution in [1.82, 2.24) is 15.1 Å². The molecular weight excluding hydrogens is 322 g/mol. The maximum atomic E-state index is 12.4. The molecule has 5 nitrogen and oxygen atoms in total. The molecule has 1 aromatic heterocycles. The average molecular weight is 347 g/mol. The van der Waals surface area contributed by atoms with Crippen LogP contribution in [0.15, 0.2) is 41.6 Å². The summed E-state index contributed by atoms with van der Waals surface area (Å²) in [5.41, 5.74) is 0.927. The number of amides is 1. The molecule has 2 rings (SSSR count). The fraction of sp³-hybridized carbons (Fsp3) is 0.444. The number of nitrogens with zero attached hydrogens (tertiary/aromatic N) is 2. The number of carbonyl (C=O) groups excluding carboxylic acids is 1. The number of carbonyl (C=O) groups is 1. The second kappa shape index (κ2) is 7.75. The van der Waals surface area contributed by atoms with E-state index in [0.717, 1.165) is 16.2 Å². The molecule has 1 amide bonds. The molecule has 1 atom stereocenters. The Morgan fingerprint density at radius 1 is 1.33 bits per heavy atom.